The highest BCUT2D eigenvalue weighted by Crippen LogP contribution is 2.42. The average molecular weight is 733 g/mol. The van der Waals surface area contributed by atoms with Gasteiger partial charge in [-0.25, -0.2) is 13.2 Å². The van der Waals surface area contributed by atoms with Crippen LogP contribution in [0.25, 0.3) is 32.8 Å². The monoisotopic (exact) mass is 732 g/mol. The number of carboxylic acids is 1. The molecule has 3 aromatic heterocycles. The van der Waals surface area contributed by atoms with E-state index >= 15 is 0 Å². The molecule has 0 saturated heterocycles. The minimum Gasteiger partial charge on any atom is -0.493 e. The molecule has 0 spiro atoms. The first kappa shape index (κ1) is 34.2. The molecule has 8 bridgehead atoms. The summed E-state index contributed by atoms with van der Waals surface area (Å²) in [5.74, 6) is 0.323. The van der Waals surface area contributed by atoms with Crippen LogP contribution >= 0.6 is 23.4 Å². The third kappa shape index (κ3) is 6.16. The van der Waals surface area contributed by atoms with E-state index in [1.54, 1.807) is 45.9 Å². The predicted molar refractivity (Wildman–Crippen MR) is 196 cm³/mol. The van der Waals surface area contributed by atoms with Crippen LogP contribution in [0.2, 0.25) is 5.02 Å². The molecule has 0 unspecified atom stereocenters. The molecule has 4 heterocycles. The van der Waals surface area contributed by atoms with Crippen LogP contribution in [0.15, 0.2) is 59.5 Å². The van der Waals surface area contributed by atoms with Crippen molar-refractivity contribution in [3.05, 3.63) is 93.7 Å². The molecule has 50 heavy (non-hydrogen) atoms. The van der Waals surface area contributed by atoms with Gasteiger partial charge in [-0.05, 0) is 55.0 Å². The zero-order valence-corrected chi connectivity index (χ0v) is 30.8. The van der Waals surface area contributed by atoms with Gasteiger partial charge in [0.2, 0.25) is 10.0 Å². The third-order valence-corrected chi connectivity index (χ3v) is 12.0. The molecule has 0 atom stereocenters. The maximum absolute atomic E-state index is 13.3. The molecule has 260 valence electrons. The summed E-state index contributed by atoms with van der Waals surface area (Å²) in [4.78, 5) is 13.8. The fourth-order valence-corrected chi connectivity index (χ4v) is 8.89. The molecule has 0 amide bonds. The predicted octanol–water partition coefficient (Wildman–Crippen LogP) is 6.70. The molecule has 0 saturated carbocycles. The molecule has 3 aromatic carbocycles. The lowest BCUT2D eigenvalue weighted by molar-refractivity contribution is 0.0685. The lowest BCUT2D eigenvalue weighted by atomic mass is 9.98. The second-order valence-electron chi connectivity index (χ2n) is 12.7. The minimum atomic E-state index is -3.72. The first-order chi connectivity index (χ1) is 23.8. The maximum atomic E-state index is 13.3. The third-order valence-electron chi connectivity index (χ3n) is 9.44. The van der Waals surface area contributed by atoms with Crippen molar-refractivity contribution in [1.82, 2.24) is 28.4 Å². The van der Waals surface area contributed by atoms with Gasteiger partial charge in [0.1, 0.15) is 11.4 Å². The van der Waals surface area contributed by atoms with Gasteiger partial charge in [-0.1, -0.05) is 41.9 Å². The molecule has 1 N–H and O–H groups in total. The molecular formula is C36H37ClN6O5S2. The van der Waals surface area contributed by atoms with Gasteiger partial charge in [0, 0.05) is 65.1 Å². The Morgan fingerprint density at radius 1 is 0.980 bits per heavy atom. The van der Waals surface area contributed by atoms with Crippen LogP contribution in [0, 0.1) is 6.92 Å². The number of fused-ring (bicyclic) bond motifs is 8. The highest BCUT2D eigenvalue weighted by molar-refractivity contribution is 7.98. The Kier molecular flexibility index (Phi) is 8.96. The van der Waals surface area contributed by atoms with Crippen molar-refractivity contribution in [2.45, 2.75) is 43.5 Å². The fraction of sp³-hybridized carbons (Fsp3) is 0.306. The second kappa shape index (κ2) is 13.1. The number of hydrogen-bond donors (Lipinski definition) is 1. The van der Waals surface area contributed by atoms with Crippen LogP contribution in [-0.2, 0) is 56.4 Å². The summed E-state index contributed by atoms with van der Waals surface area (Å²) in [6.07, 6.45) is 2.20. The molecular weight excluding hydrogens is 696 g/mol. The van der Waals surface area contributed by atoms with E-state index in [-0.39, 0.29) is 18.8 Å². The quantitative estimate of drug-likeness (QED) is 0.209. The van der Waals surface area contributed by atoms with Gasteiger partial charge in [0.05, 0.1) is 47.9 Å². The van der Waals surface area contributed by atoms with Crippen molar-refractivity contribution in [2.75, 3.05) is 12.9 Å². The standard InChI is InChI=1S/C36H37ClN6O5S2/c1-21-32-30(39-41(21)3)19-43(50(5,46)47)18-23-16-24(42(4)38-23)20-49-25-15-22-9-6-7-10-26(22)31(17-25)48-14-8-11-27-28-12-13-29(37)33(32)34(28)40(2)35(27)36(44)45/h6-7,9-10,12-13,15-17H,8,11,14,18-20H2,1-5H3,(H,44,45). The zero-order chi connectivity index (χ0) is 35.5. The van der Waals surface area contributed by atoms with Gasteiger partial charge in [-0.15, -0.1) is 11.8 Å². The summed E-state index contributed by atoms with van der Waals surface area (Å²) in [5, 5.41) is 23.1. The first-order valence-corrected chi connectivity index (χ1v) is 19.3. The number of nitrogens with zero attached hydrogens (tertiary/aromatic N) is 6. The van der Waals surface area contributed by atoms with Crippen molar-refractivity contribution in [2.24, 2.45) is 21.1 Å². The lowest BCUT2D eigenvalue weighted by Crippen LogP contribution is -2.29. The Morgan fingerprint density at radius 3 is 2.52 bits per heavy atom. The number of carboxylic acid groups (broad SMARTS) is 1. The number of sulfonamides is 1. The van der Waals surface area contributed by atoms with Crippen LogP contribution in [0.3, 0.4) is 0 Å². The van der Waals surface area contributed by atoms with Gasteiger partial charge in [-0.3, -0.25) is 9.36 Å². The Labute approximate surface area is 299 Å². The molecule has 14 heteroatoms. The summed E-state index contributed by atoms with van der Waals surface area (Å²) in [5.41, 5.74) is 5.59. The molecule has 6 aromatic rings. The summed E-state index contributed by atoms with van der Waals surface area (Å²) in [6.45, 7) is 2.28. The molecule has 0 aliphatic carbocycles. The van der Waals surface area contributed by atoms with Gasteiger partial charge in [0.15, 0.2) is 0 Å². The lowest BCUT2D eigenvalue weighted by Gasteiger charge is -2.19. The topological polar surface area (TPSA) is 124 Å². The van der Waals surface area contributed by atoms with E-state index in [1.807, 2.05) is 50.4 Å². The van der Waals surface area contributed by atoms with Crippen LogP contribution in [-0.4, -0.2) is 60.8 Å². The van der Waals surface area contributed by atoms with E-state index in [4.69, 9.17) is 21.4 Å². The Balaban J connectivity index is 1.42. The fourth-order valence-electron chi connectivity index (χ4n) is 6.94. The molecule has 1 aliphatic heterocycles. The summed E-state index contributed by atoms with van der Waals surface area (Å²) < 4.78 is 39.5. The van der Waals surface area contributed by atoms with E-state index in [0.29, 0.717) is 63.8 Å². The number of ether oxygens (including phenoxy) is 1. The summed E-state index contributed by atoms with van der Waals surface area (Å²) in [6, 6.07) is 17.8. The highest BCUT2D eigenvalue weighted by atomic mass is 35.5. The van der Waals surface area contributed by atoms with Crippen LogP contribution in [0.1, 0.15) is 45.2 Å². The molecule has 11 nitrogen and oxygen atoms in total. The number of hydrogen-bond acceptors (Lipinski definition) is 7. The number of aryl methyl sites for hydroxylation is 4. The van der Waals surface area contributed by atoms with Gasteiger partial charge in [-0.2, -0.15) is 14.5 Å². The number of carbonyl (C=O) groups is 1. The highest BCUT2D eigenvalue weighted by Gasteiger charge is 2.29. The van der Waals surface area contributed by atoms with E-state index in [1.165, 1.54) is 10.6 Å². The molecule has 0 radical (unpaired) electrons. The number of aromatic carboxylic acids is 1. The maximum Gasteiger partial charge on any atom is 0.352 e. The Bertz CT molecular complexity index is 2430. The second-order valence-corrected chi connectivity index (χ2v) is 16.1. The van der Waals surface area contributed by atoms with Gasteiger partial charge in [0.25, 0.3) is 0 Å². The smallest absolute Gasteiger partial charge is 0.352 e. The van der Waals surface area contributed by atoms with Crippen LogP contribution in [0.4, 0.5) is 0 Å². The number of rotatable bonds is 2. The van der Waals surface area contributed by atoms with Crippen molar-refractivity contribution in [1.29, 1.82) is 0 Å². The van der Waals surface area contributed by atoms with E-state index in [0.717, 1.165) is 38.2 Å². The number of thioether (sulfide) groups is 1. The summed E-state index contributed by atoms with van der Waals surface area (Å²) in [7, 11) is 1.66. The molecule has 1 aliphatic rings. The van der Waals surface area contributed by atoms with Crippen LogP contribution in [0.5, 0.6) is 5.75 Å². The van der Waals surface area contributed by atoms with Crippen molar-refractivity contribution >= 4 is 61.0 Å². The van der Waals surface area contributed by atoms with E-state index in [9.17, 15) is 18.3 Å². The number of benzene rings is 3. The number of aromatic nitrogens is 5. The van der Waals surface area contributed by atoms with Crippen molar-refractivity contribution < 1.29 is 23.1 Å². The Morgan fingerprint density at radius 2 is 1.76 bits per heavy atom. The number of halogens is 1. The van der Waals surface area contributed by atoms with Gasteiger partial charge < -0.3 is 14.4 Å². The average Bonchev–Trinajstić information content (AvgIpc) is 3.66. The first-order valence-electron chi connectivity index (χ1n) is 16.1. The van der Waals surface area contributed by atoms with Crippen molar-refractivity contribution in [3.63, 3.8) is 0 Å². The van der Waals surface area contributed by atoms with E-state index in [2.05, 4.69) is 17.2 Å². The molecule has 0 fully saturated rings. The van der Waals surface area contributed by atoms with Crippen LogP contribution < -0.4 is 4.74 Å². The largest absolute Gasteiger partial charge is 0.493 e. The van der Waals surface area contributed by atoms with Gasteiger partial charge >= 0.3 is 5.97 Å². The SMILES string of the molecule is Cc1c2c(nn1C)CN(S(C)(=O)=O)Cc1cc(n(C)n1)CSc1cc(c3ccccc3c1)OCCCc1c(C(=O)O)n(C)c3c-2c(Cl)ccc13. The summed E-state index contributed by atoms with van der Waals surface area (Å²) >= 11 is 8.63. The van der Waals surface area contributed by atoms with Crippen molar-refractivity contribution in [3.8, 4) is 16.9 Å². The zero-order valence-electron chi connectivity index (χ0n) is 28.4. The minimum absolute atomic E-state index is 0.0375. The molecule has 7 rings (SSSR count). The normalized spacial score (nSPS) is 14.8. The Hall–Kier alpha value is -4.30. The van der Waals surface area contributed by atoms with E-state index < -0.39 is 16.0 Å².